The number of hydrogen-bond acceptors (Lipinski definition) is 2. The summed E-state index contributed by atoms with van der Waals surface area (Å²) < 4.78 is 13.8. The topological polar surface area (TPSA) is 12.0 Å². The van der Waals surface area contributed by atoms with Gasteiger partial charge in [0.1, 0.15) is 5.82 Å². The van der Waals surface area contributed by atoms with Gasteiger partial charge in [0, 0.05) is 12.1 Å². The van der Waals surface area contributed by atoms with Crippen LogP contribution in [0.2, 0.25) is 0 Å². The molecule has 16 heavy (non-hydrogen) atoms. The third kappa shape index (κ3) is 2.49. The first kappa shape index (κ1) is 11.3. The summed E-state index contributed by atoms with van der Waals surface area (Å²) in [5.74, 6) is -0.145. The quantitative estimate of drug-likeness (QED) is 0.852. The molecule has 0 bridgehead atoms. The van der Waals surface area contributed by atoms with Crippen LogP contribution in [0.5, 0.6) is 0 Å². The zero-order valence-corrected chi connectivity index (χ0v) is 9.98. The highest BCUT2D eigenvalue weighted by Crippen LogP contribution is 2.25. The van der Waals surface area contributed by atoms with Crippen LogP contribution in [0, 0.1) is 5.82 Å². The summed E-state index contributed by atoms with van der Waals surface area (Å²) in [6, 6.07) is 7.37. The van der Waals surface area contributed by atoms with Gasteiger partial charge in [-0.25, -0.2) is 4.39 Å². The van der Waals surface area contributed by atoms with Crippen molar-refractivity contribution in [3.63, 3.8) is 0 Å². The van der Waals surface area contributed by atoms with Crippen LogP contribution in [0.1, 0.15) is 12.5 Å². The van der Waals surface area contributed by atoms with Gasteiger partial charge in [-0.2, -0.15) is 11.3 Å². The maximum Gasteiger partial charge on any atom is 0.131 e. The summed E-state index contributed by atoms with van der Waals surface area (Å²) in [4.78, 5) is 0. The van der Waals surface area contributed by atoms with E-state index in [1.54, 1.807) is 17.4 Å². The molecule has 2 aromatic rings. The number of hydrogen-bond donors (Lipinski definition) is 1. The Morgan fingerprint density at radius 2 is 2.19 bits per heavy atom. The molecule has 0 unspecified atom stereocenters. The molecule has 0 radical (unpaired) electrons. The molecule has 0 saturated heterocycles. The van der Waals surface area contributed by atoms with Gasteiger partial charge in [0.05, 0.1) is 0 Å². The van der Waals surface area contributed by atoms with E-state index in [0.29, 0.717) is 5.56 Å². The highest BCUT2D eigenvalue weighted by atomic mass is 32.1. The monoisotopic (exact) mass is 235 g/mol. The number of thiophene rings is 1. The summed E-state index contributed by atoms with van der Waals surface area (Å²) in [5, 5.41) is 7.10. The van der Waals surface area contributed by atoms with Crippen molar-refractivity contribution < 1.29 is 4.39 Å². The van der Waals surface area contributed by atoms with E-state index < -0.39 is 0 Å². The normalized spacial score (nSPS) is 10.6. The average Bonchev–Trinajstić information content (AvgIpc) is 2.80. The second kappa shape index (κ2) is 5.23. The molecule has 0 aliphatic heterocycles. The van der Waals surface area contributed by atoms with E-state index in [4.69, 9.17) is 0 Å². The van der Waals surface area contributed by atoms with Crippen LogP contribution in [-0.2, 0) is 6.54 Å². The number of rotatable bonds is 4. The van der Waals surface area contributed by atoms with Crippen molar-refractivity contribution in [3.05, 3.63) is 46.4 Å². The smallest absolute Gasteiger partial charge is 0.131 e. The molecule has 0 aliphatic rings. The van der Waals surface area contributed by atoms with Crippen LogP contribution in [-0.4, -0.2) is 6.54 Å². The van der Waals surface area contributed by atoms with Crippen molar-refractivity contribution in [1.82, 2.24) is 5.32 Å². The van der Waals surface area contributed by atoms with Gasteiger partial charge in [0.25, 0.3) is 0 Å². The van der Waals surface area contributed by atoms with E-state index in [-0.39, 0.29) is 5.82 Å². The van der Waals surface area contributed by atoms with Gasteiger partial charge in [-0.05, 0) is 40.6 Å². The lowest BCUT2D eigenvalue weighted by Crippen LogP contribution is -2.11. The molecular weight excluding hydrogens is 221 g/mol. The van der Waals surface area contributed by atoms with Crippen LogP contribution in [0.3, 0.4) is 0 Å². The summed E-state index contributed by atoms with van der Waals surface area (Å²) in [5.41, 5.74) is 2.62. The molecule has 0 atom stereocenters. The van der Waals surface area contributed by atoms with Gasteiger partial charge in [-0.1, -0.05) is 19.1 Å². The van der Waals surface area contributed by atoms with Gasteiger partial charge < -0.3 is 5.32 Å². The van der Waals surface area contributed by atoms with Crippen molar-refractivity contribution in [2.75, 3.05) is 6.54 Å². The van der Waals surface area contributed by atoms with Crippen molar-refractivity contribution >= 4 is 11.3 Å². The summed E-state index contributed by atoms with van der Waals surface area (Å²) in [7, 11) is 0. The lowest BCUT2D eigenvalue weighted by Gasteiger charge is -2.05. The van der Waals surface area contributed by atoms with Gasteiger partial charge >= 0.3 is 0 Å². The molecule has 1 aromatic heterocycles. The first-order chi connectivity index (χ1) is 7.81. The molecular formula is C13H14FNS. The van der Waals surface area contributed by atoms with Crippen LogP contribution in [0.4, 0.5) is 4.39 Å². The molecule has 84 valence electrons. The number of benzene rings is 1. The van der Waals surface area contributed by atoms with Gasteiger partial charge in [0.2, 0.25) is 0 Å². The predicted octanol–water partition coefficient (Wildman–Crippen LogP) is 3.66. The second-order valence-electron chi connectivity index (χ2n) is 3.61. The summed E-state index contributed by atoms with van der Waals surface area (Å²) >= 11 is 1.58. The van der Waals surface area contributed by atoms with Gasteiger partial charge in [-0.15, -0.1) is 0 Å². The van der Waals surface area contributed by atoms with Crippen molar-refractivity contribution in [2.24, 2.45) is 0 Å². The van der Waals surface area contributed by atoms with E-state index in [0.717, 1.165) is 24.2 Å². The standard InChI is InChI=1S/C13H14FNS/c1-2-15-8-10-3-4-12(13(14)7-10)11-5-6-16-9-11/h3-7,9,15H,2,8H2,1H3. The minimum atomic E-state index is -0.145. The Kier molecular flexibility index (Phi) is 3.70. The third-order valence-electron chi connectivity index (χ3n) is 2.44. The van der Waals surface area contributed by atoms with Crippen LogP contribution in [0.15, 0.2) is 35.0 Å². The minimum absolute atomic E-state index is 0.145. The Bertz CT molecular complexity index is 451. The largest absolute Gasteiger partial charge is 0.313 e. The number of nitrogens with one attached hydrogen (secondary N) is 1. The highest BCUT2D eigenvalue weighted by molar-refractivity contribution is 7.08. The predicted molar refractivity (Wildman–Crippen MR) is 67.1 cm³/mol. The SMILES string of the molecule is CCNCc1ccc(-c2ccsc2)c(F)c1. The molecule has 0 aliphatic carbocycles. The molecule has 2 rings (SSSR count). The third-order valence-corrected chi connectivity index (χ3v) is 3.13. The molecule has 0 saturated carbocycles. The zero-order valence-electron chi connectivity index (χ0n) is 9.16. The van der Waals surface area contributed by atoms with Crippen molar-refractivity contribution in [2.45, 2.75) is 13.5 Å². The van der Waals surface area contributed by atoms with E-state index in [1.807, 2.05) is 35.9 Å². The molecule has 1 heterocycles. The van der Waals surface area contributed by atoms with E-state index in [9.17, 15) is 4.39 Å². The van der Waals surface area contributed by atoms with E-state index >= 15 is 0 Å². The lowest BCUT2D eigenvalue weighted by atomic mass is 10.1. The van der Waals surface area contributed by atoms with Crippen molar-refractivity contribution in [3.8, 4) is 11.1 Å². The Morgan fingerprint density at radius 1 is 1.31 bits per heavy atom. The van der Waals surface area contributed by atoms with Gasteiger partial charge in [0.15, 0.2) is 0 Å². The summed E-state index contributed by atoms with van der Waals surface area (Å²) in [6.07, 6.45) is 0. The molecule has 0 spiro atoms. The fourth-order valence-electron chi connectivity index (χ4n) is 1.59. The van der Waals surface area contributed by atoms with Crippen LogP contribution >= 0.6 is 11.3 Å². The average molecular weight is 235 g/mol. The van der Waals surface area contributed by atoms with E-state index in [2.05, 4.69) is 5.32 Å². The second-order valence-corrected chi connectivity index (χ2v) is 4.39. The first-order valence-corrected chi connectivity index (χ1v) is 6.27. The zero-order chi connectivity index (χ0) is 11.4. The van der Waals surface area contributed by atoms with Crippen molar-refractivity contribution in [1.29, 1.82) is 0 Å². The van der Waals surface area contributed by atoms with E-state index in [1.165, 1.54) is 0 Å². The Hall–Kier alpha value is -1.19. The molecule has 1 N–H and O–H groups in total. The Labute approximate surface area is 98.9 Å². The molecule has 0 amide bonds. The maximum absolute atomic E-state index is 13.8. The fourth-order valence-corrected chi connectivity index (χ4v) is 2.25. The Morgan fingerprint density at radius 3 is 2.81 bits per heavy atom. The molecule has 1 nitrogen and oxygen atoms in total. The fraction of sp³-hybridized carbons (Fsp3) is 0.231. The number of halogens is 1. The van der Waals surface area contributed by atoms with Gasteiger partial charge in [-0.3, -0.25) is 0 Å². The maximum atomic E-state index is 13.8. The highest BCUT2D eigenvalue weighted by Gasteiger charge is 2.05. The minimum Gasteiger partial charge on any atom is -0.313 e. The van der Waals surface area contributed by atoms with Crippen LogP contribution < -0.4 is 5.32 Å². The molecule has 1 aromatic carbocycles. The lowest BCUT2D eigenvalue weighted by molar-refractivity contribution is 0.625. The molecule has 3 heteroatoms. The Balaban J connectivity index is 2.23. The summed E-state index contributed by atoms with van der Waals surface area (Å²) in [6.45, 7) is 3.65. The van der Waals surface area contributed by atoms with Crippen LogP contribution in [0.25, 0.3) is 11.1 Å². The molecule has 0 fully saturated rings. The first-order valence-electron chi connectivity index (χ1n) is 5.33.